The van der Waals surface area contributed by atoms with Crippen LogP contribution in [0.15, 0.2) is 54.6 Å². The molecule has 24 heavy (non-hydrogen) atoms. The van der Waals surface area contributed by atoms with Crippen molar-refractivity contribution in [2.75, 3.05) is 7.11 Å². The Morgan fingerprint density at radius 3 is 2.58 bits per heavy atom. The Hall–Kier alpha value is -3.22. The van der Waals surface area contributed by atoms with Gasteiger partial charge in [-0.2, -0.15) is 4.68 Å². The van der Waals surface area contributed by atoms with Crippen LogP contribution >= 0.6 is 0 Å². The Kier molecular flexibility index (Phi) is 4.81. The normalized spacial score (nSPS) is 10.4. The molecule has 0 atom stereocenters. The number of carbonyl (C=O) groups excluding carboxylic acids is 1. The van der Waals surface area contributed by atoms with E-state index in [4.69, 9.17) is 4.74 Å². The van der Waals surface area contributed by atoms with Crippen LogP contribution in [0, 0.1) is 0 Å². The van der Waals surface area contributed by atoms with Crippen molar-refractivity contribution in [3.63, 3.8) is 0 Å². The zero-order valence-electron chi connectivity index (χ0n) is 13.2. The highest BCUT2D eigenvalue weighted by Gasteiger charge is 2.10. The Morgan fingerprint density at radius 1 is 1.12 bits per heavy atom. The first-order chi connectivity index (χ1) is 11.8. The van der Waals surface area contributed by atoms with Crippen molar-refractivity contribution in [3.05, 3.63) is 66.0 Å². The Balaban J connectivity index is 1.64. The number of rotatable bonds is 6. The topological polar surface area (TPSA) is 81.9 Å². The van der Waals surface area contributed by atoms with Crippen molar-refractivity contribution in [1.82, 2.24) is 25.5 Å². The van der Waals surface area contributed by atoms with Crippen molar-refractivity contribution < 1.29 is 9.53 Å². The zero-order valence-corrected chi connectivity index (χ0v) is 13.2. The van der Waals surface area contributed by atoms with Gasteiger partial charge >= 0.3 is 0 Å². The second-order valence-electron chi connectivity index (χ2n) is 5.14. The first kappa shape index (κ1) is 15.7. The lowest BCUT2D eigenvalue weighted by atomic mass is 10.1. The fourth-order valence-corrected chi connectivity index (χ4v) is 2.26. The number of hydrogen-bond acceptors (Lipinski definition) is 5. The van der Waals surface area contributed by atoms with Crippen LogP contribution in [0.2, 0.25) is 0 Å². The van der Waals surface area contributed by atoms with Gasteiger partial charge < -0.3 is 10.1 Å². The summed E-state index contributed by atoms with van der Waals surface area (Å²) in [6.45, 7) is 0.255. The predicted molar refractivity (Wildman–Crippen MR) is 87.7 cm³/mol. The summed E-state index contributed by atoms with van der Waals surface area (Å²) in [4.78, 5) is 12.0. The van der Waals surface area contributed by atoms with E-state index in [1.807, 2.05) is 54.6 Å². The molecule has 1 amide bonds. The average Bonchev–Trinajstić information content (AvgIpc) is 3.09. The molecule has 3 rings (SSSR count). The summed E-state index contributed by atoms with van der Waals surface area (Å²) in [5.74, 6) is 1.23. The van der Waals surface area contributed by atoms with E-state index >= 15 is 0 Å². The van der Waals surface area contributed by atoms with E-state index in [-0.39, 0.29) is 12.5 Å². The zero-order chi connectivity index (χ0) is 16.8. The third kappa shape index (κ3) is 3.75. The van der Waals surface area contributed by atoms with Crippen molar-refractivity contribution in [1.29, 1.82) is 0 Å². The number of aromatic nitrogens is 4. The van der Waals surface area contributed by atoms with E-state index in [0.717, 1.165) is 17.0 Å². The molecule has 7 nitrogen and oxygen atoms in total. The molecule has 2 aromatic carbocycles. The molecule has 0 aliphatic rings. The Morgan fingerprint density at radius 2 is 1.88 bits per heavy atom. The molecule has 0 radical (unpaired) electrons. The van der Waals surface area contributed by atoms with Gasteiger partial charge in [0.2, 0.25) is 5.91 Å². The second kappa shape index (κ2) is 7.36. The molecular weight excluding hydrogens is 306 g/mol. The van der Waals surface area contributed by atoms with E-state index < -0.39 is 0 Å². The molecule has 0 saturated carbocycles. The number of carbonyl (C=O) groups is 1. The third-order valence-electron chi connectivity index (χ3n) is 3.50. The van der Waals surface area contributed by atoms with Crippen LogP contribution in [-0.2, 0) is 17.8 Å². The van der Waals surface area contributed by atoms with Gasteiger partial charge in [0.05, 0.1) is 25.8 Å². The van der Waals surface area contributed by atoms with Crippen LogP contribution in [0.1, 0.15) is 11.4 Å². The van der Waals surface area contributed by atoms with Crippen LogP contribution in [0.3, 0.4) is 0 Å². The lowest BCUT2D eigenvalue weighted by Crippen LogP contribution is -2.26. The number of ether oxygens (including phenoxy) is 1. The average molecular weight is 323 g/mol. The van der Waals surface area contributed by atoms with Crippen LogP contribution in [0.5, 0.6) is 5.75 Å². The van der Waals surface area contributed by atoms with Gasteiger partial charge in [0.25, 0.3) is 0 Å². The number of nitrogens with zero attached hydrogens (tertiary/aromatic N) is 4. The molecule has 7 heteroatoms. The highest BCUT2D eigenvalue weighted by atomic mass is 16.5. The minimum atomic E-state index is -0.0783. The van der Waals surface area contributed by atoms with E-state index in [0.29, 0.717) is 12.2 Å². The smallest absolute Gasteiger partial charge is 0.224 e. The number of amides is 1. The van der Waals surface area contributed by atoms with Crippen molar-refractivity contribution in [2.24, 2.45) is 0 Å². The largest absolute Gasteiger partial charge is 0.497 e. The number of tetrazole rings is 1. The fourth-order valence-electron chi connectivity index (χ4n) is 2.26. The monoisotopic (exact) mass is 323 g/mol. The number of benzene rings is 2. The number of hydrogen-bond donors (Lipinski definition) is 1. The summed E-state index contributed by atoms with van der Waals surface area (Å²) in [6, 6.07) is 16.9. The standard InChI is InChI=1S/C17H17N5O2/c1-24-15-9-7-14(8-10-15)22-16(19-20-21-22)12-18-17(23)11-13-5-3-2-4-6-13/h2-10H,11-12H2,1H3,(H,18,23). The summed E-state index contributed by atoms with van der Waals surface area (Å²) in [5.41, 5.74) is 1.76. The quantitative estimate of drug-likeness (QED) is 0.744. The lowest BCUT2D eigenvalue weighted by molar-refractivity contribution is -0.120. The maximum absolute atomic E-state index is 12.0. The summed E-state index contributed by atoms with van der Waals surface area (Å²) in [7, 11) is 1.61. The van der Waals surface area contributed by atoms with Crippen LogP contribution in [-0.4, -0.2) is 33.2 Å². The maximum Gasteiger partial charge on any atom is 0.224 e. The van der Waals surface area contributed by atoms with E-state index in [2.05, 4.69) is 20.8 Å². The van der Waals surface area contributed by atoms with E-state index in [9.17, 15) is 4.79 Å². The van der Waals surface area contributed by atoms with Crippen LogP contribution < -0.4 is 10.1 Å². The molecule has 0 spiro atoms. The van der Waals surface area contributed by atoms with E-state index in [1.54, 1.807) is 11.8 Å². The number of methoxy groups -OCH3 is 1. The van der Waals surface area contributed by atoms with E-state index in [1.165, 1.54) is 0 Å². The Bertz CT molecular complexity index is 799. The van der Waals surface area contributed by atoms with Gasteiger partial charge in [-0.15, -0.1) is 5.10 Å². The van der Waals surface area contributed by atoms with Gasteiger partial charge in [-0.05, 0) is 40.3 Å². The van der Waals surface area contributed by atoms with Gasteiger partial charge in [0, 0.05) is 0 Å². The number of nitrogens with one attached hydrogen (secondary N) is 1. The summed E-state index contributed by atoms with van der Waals surface area (Å²) in [5, 5.41) is 14.5. The molecule has 122 valence electrons. The van der Waals surface area contributed by atoms with Crippen molar-refractivity contribution in [2.45, 2.75) is 13.0 Å². The van der Waals surface area contributed by atoms with Crippen molar-refractivity contribution in [3.8, 4) is 11.4 Å². The van der Waals surface area contributed by atoms with Gasteiger partial charge in [-0.1, -0.05) is 30.3 Å². The minimum absolute atomic E-state index is 0.0783. The SMILES string of the molecule is COc1ccc(-n2nnnc2CNC(=O)Cc2ccccc2)cc1. The molecule has 0 aliphatic carbocycles. The molecule has 0 unspecified atom stereocenters. The van der Waals surface area contributed by atoms with Gasteiger partial charge in [0.1, 0.15) is 5.75 Å². The molecule has 3 aromatic rings. The van der Waals surface area contributed by atoms with Gasteiger partial charge in [-0.25, -0.2) is 0 Å². The highest BCUT2D eigenvalue weighted by Crippen LogP contribution is 2.14. The molecule has 1 N–H and O–H groups in total. The summed E-state index contributed by atoms with van der Waals surface area (Å²) >= 11 is 0. The molecule has 1 aromatic heterocycles. The summed E-state index contributed by atoms with van der Waals surface area (Å²) in [6.07, 6.45) is 0.324. The minimum Gasteiger partial charge on any atom is -0.497 e. The Labute approximate surface area is 139 Å². The van der Waals surface area contributed by atoms with Gasteiger partial charge in [-0.3, -0.25) is 4.79 Å². The predicted octanol–water partition coefficient (Wildman–Crippen LogP) is 1.53. The molecule has 0 saturated heterocycles. The molecular formula is C17H17N5O2. The summed E-state index contributed by atoms with van der Waals surface area (Å²) < 4.78 is 6.72. The molecule has 0 bridgehead atoms. The lowest BCUT2D eigenvalue weighted by Gasteiger charge is -2.07. The van der Waals surface area contributed by atoms with Gasteiger partial charge in [0.15, 0.2) is 5.82 Å². The first-order valence-corrected chi connectivity index (χ1v) is 7.48. The van der Waals surface area contributed by atoms with Crippen LogP contribution in [0.25, 0.3) is 5.69 Å². The molecule has 1 heterocycles. The first-order valence-electron chi connectivity index (χ1n) is 7.48. The van der Waals surface area contributed by atoms with Crippen LogP contribution in [0.4, 0.5) is 0 Å². The molecule has 0 fully saturated rings. The fraction of sp³-hybridized carbons (Fsp3) is 0.176. The van der Waals surface area contributed by atoms with Crippen molar-refractivity contribution >= 4 is 5.91 Å². The third-order valence-corrected chi connectivity index (χ3v) is 3.50. The molecule has 0 aliphatic heterocycles. The highest BCUT2D eigenvalue weighted by molar-refractivity contribution is 5.78. The second-order valence-corrected chi connectivity index (χ2v) is 5.14. The maximum atomic E-state index is 12.0.